The lowest BCUT2D eigenvalue weighted by atomic mass is 10.3. The number of hydrogen-bond donors (Lipinski definition) is 1. The van der Waals surface area contributed by atoms with E-state index < -0.39 is 0 Å². The van der Waals surface area contributed by atoms with Crippen molar-refractivity contribution in [3.63, 3.8) is 0 Å². The van der Waals surface area contributed by atoms with Gasteiger partial charge in [-0.3, -0.25) is 0 Å². The fraction of sp³-hybridized carbons (Fsp3) is 0.455. The van der Waals surface area contributed by atoms with Crippen LogP contribution in [0.2, 0.25) is 0 Å². The quantitative estimate of drug-likeness (QED) is 0.722. The van der Waals surface area contributed by atoms with E-state index in [-0.39, 0.29) is 0 Å². The molecule has 1 aromatic rings. The summed E-state index contributed by atoms with van der Waals surface area (Å²) in [5.41, 5.74) is 1.16. The first-order valence-corrected chi connectivity index (χ1v) is 5.82. The van der Waals surface area contributed by atoms with Crippen LogP contribution in [0.25, 0.3) is 0 Å². The number of thioether (sulfide) groups is 1. The van der Waals surface area contributed by atoms with Gasteiger partial charge in [-0.1, -0.05) is 20.3 Å². The van der Waals surface area contributed by atoms with E-state index in [9.17, 15) is 0 Å². The van der Waals surface area contributed by atoms with E-state index in [4.69, 9.17) is 0 Å². The van der Waals surface area contributed by atoms with Gasteiger partial charge in [0.15, 0.2) is 0 Å². The highest BCUT2D eigenvalue weighted by Crippen LogP contribution is 2.16. The summed E-state index contributed by atoms with van der Waals surface area (Å²) in [5.74, 6) is 0. The van der Waals surface area contributed by atoms with E-state index in [1.807, 2.05) is 7.05 Å². The van der Waals surface area contributed by atoms with Gasteiger partial charge in [-0.15, -0.1) is 11.8 Å². The molecule has 0 atom stereocenters. The summed E-state index contributed by atoms with van der Waals surface area (Å²) in [6.07, 6.45) is 3.33. The molecule has 0 bridgehead atoms. The Hall–Kier alpha value is -0.630. The highest BCUT2D eigenvalue weighted by molar-refractivity contribution is 7.98. The average Bonchev–Trinajstić information content (AvgIpc) is 2.19. The minimum Gasteiger partial charge on any atom is -0.388 e. The molecule has 0 fully saturated rings. The summed E-state index contributed by atoms with van der Waals surface area (Å²) in [6, 6.07) is 8.37. The van der Waals surface area contributed by atoms with Gasteiger partial charge in [-0.05, 0) is 30.5 Å². The van der Waals surface area contributed by atoms with E-state index >= 15 is 0 Å². The molecule has 0 aliphatic carbocycles. The molecule has 13 heavy (non-hydrogen) atoms. The third-order valence-corrected chi connectivity index (χ3v) is 2.12. The van der Waals surface area contributed by atoms with E-state index in [1.165, 1.54) is 11.3 Å². The molecule has 0 heterocycles. The van der Waals surface area contributed by atoms with Crippen LogP contribution >= 0.6 is 11.8 Å². The monoisotopic (exact) mass is 197 g/mol. The smallest absolute Gasteiger partial charge is 0.0338 e. The highest BCUT2D eigenvalue weighted by Gasteiger charge is 1.88. The second-order valence-corrected chi connectivity index (χ2v) is 3.57. The number of anilines is 1. The van der Waals surface area contributed by atoms with Gasteiger partial charge in [-0.2, -0.15) is 0 Å². The first-order chi connectivity index (χ1) is 6.28. The molecule has 0 saturated carbocycles. The molecule has 1 N–H and O–H groups in total. The molecule has 0 unspecified atom stereocenters. The van der Waals surface area contributed by atoms with E-state index in [1.54, 1.807) is 11.8 Å². The van der Waals surface area contributed by atoms with Crippen LogP contribution in [-0.4, -0.2) is 13.3 Å². The van der Waals surface area contributed by atoms with Crippen molar-refractivity contribution in [2.75, 3.05) is 18.6 Å². The van der Waals surface area contributed by atoms with Crippen molar-refractivity contribution in [2.45, 2.75) is 25.2 Å². The molecule has 0 radical (unpaired) electrons. The van der Waals surface area contributed by atoms with Gasteiger partial charge >= 0.3 is 0 Å². The number of nitrogens with one attached hydrogen (secondary N) is 1. The Morgan fingerprint density at radius 2 is 1.62 bits per heavy atom. The molecule has 0 aliphatic rings. The molecule has 0 aromatic heterocycles. The maximum absolute atomic E-state index is 3.07. The molecule has 74 valence electrons. The molecule has 0 aliphatic heterocycles. The van der Waals surface area contributed by atoms with Gasteiger partial charge < -0.3 is 5.32 Å². The van der Waals surface area contributed by atoms with Gasteiger partial charge in [0.05, 0.1) is 0 Å². The number of rotatable bonds is 2. The molecule has 0 saturated heterocycles. The molecule has 0 amide bonds. The summed E-state index contributed by atoms with van der Waals surface area (Å²) >= 11 is 1.76. The average molecular weight is 197 g/mol. The second kappa shape index (κ2) is 7.99. The largest absolute Gasteiger partial charge is 0.388 e. The predicted octanol–water partition coefficient (Wildman–Crippen LogP) is 3.87. The Morgan fingerprint density at radius 1 is 1.15 bits per heavy atom. The Balaban J connectivity index is 0.000000424. The van der Waals surface area contributed by atoms with Crippen LogP contribution in [0.3, 0.4) is 0 Å². The summed E-state index contributed by atoms with van der Waals surface area (Å²) in [7, 11) is 1.92. The second-order valence-electron chi connectivity index (χ2n) is 2.69. The van der Waals surface area contributed by atoms with Crippen LogP contribution in [0.5, 0.6) is 0 Å². The first-order valence-electron chi connectivity index (χ1n) is 4.60. The van der Waals surface area contributed by atoms with Crippen LogP contribution in [0, 0.1) is 0 Å². The third kappa shape index (κ3) is 5.58. The van der Waals surface area contributed by atoms with Crippen molar-refractivity contribution >= 4 is 17.4 Å². The lowest BCUT2D eigenvalue weighted by molar-refractivity contribution is 1.09. The SMILES string of the molecule is CCC.CNc1ccc(SC)cc1. The fourth-order valence-corrected chi connectivity index (χ4v) is 1.17. The zero-order chi connectivity index (χ0) is 10.1. The zero-order valence-corrected chi connectivity index (χ0v) is 9.74. The standard InChI is InChI=1S/C8H11NS.C3H8/c1-9-7-3-5-8(10-2)6-4-7;1-3-2/h3-6,9H,1-2H3;3H2,1-2H3. The maximum atomic E-state index is 3.07. The van der Waals surface area contributed by atoms with Crippen LogP contribution in [-0.2, 0) is 0 Å². The lowest BCUT2D eigenvalue weighted by Gasteiger charge is -1.99. The Morgan fingerprint density at radius 3 is 1.92 bits per heavy atom. The van der Waals surface area contributed by atoms with Crippen molar-refractivity contribution in [3.05, 3.63) is 24.3 Å². The molecular weight excluding hydrogens is 178 g/mol. The van der Waals surface area contributed by atoms with Crippen LogP contribution in [0.15, 0.2) is 29.2 Å². The van der Waals surface area contributed by atoms with Crippen molar-refractivity contribution in [2.24, 2.45) is 0 Å². The predicted molar refractivity (Wildman–Crippen MR) is 63.7 cm³/mol. The van der Waals surface area contributed by atoms with Gasteiger partial charge in [-0.25, -0.2) is 0 Å². The minimum atomic E-state index is 1.16. The molecule has 1 rings (SSSR count). The molecular formula is C11H19NS. The van der Waals surface area contributed by atoms with Gasteiger partial charge in [0, 0.05) is 17.6 Å². The van der Waals surface area contributed by atoms with Gasteiger partial charge in [0.1, 0.15) is 0 Å². The summed E-state index contributed by atoms with van der Waals surface area (Å²) < 4.78 is 0. The Bertz CT molecular complexity index is 183. The van der Waals surface area contributed by atoms with Crippen molar-refractivity contribution < 1.29 is 0 Å². The summed E-state index contributed by atoms with van der Waals surface area (Å²) in [5, 5.41) is 3.07. The van der Waals surface area contributed by atoms with E-state index in [0.717, 1.165) is 5.69 Å². The third-order valence-electron chi connectivity index (χ3n) is 1.38. The Kier molecular flexibility index (Phi) is 7.60. The maximum Gasteiger partial charge on any atom is 0.0338 e. The van der Waals surface area contributed by atoms with Crippen molar-refractivity contribution in [3.8, 4) is 0 Å². The molecule has 1 nitrogen and oxygen atoms in total. The molecule has 1 aromatic carbocycles. The molecule has 2 heteroatoms. The topological polar surface area (TPSA) is 12.0 Å². The Labute approximate surface area is 85.9 Å². The minimum absolute atomic E-state index is 1.16. The van der Waals surface area contributed by atoms with E-state index in [2.05, 4.69) is 49.7 Å². The van der Waals surface area contributed by atoms with Crippen LogP contribution in [0.4, 0.5) is 5.69 Å². The molecule has 0 spiro atoms. The highest BCUT2D eigenvalue weighted by atomic mass is 32.2. The van der Waals surface area contributed by atoms with Crippen molar-refractivity contribution in [1.29, 1.82) is 0 Å². The van der Waals surface area contributed by atoms with Crippen molar-refractivity contribution in [1.82, 2.24) is 0 Å². The zero-order valence-electron chi connectivity index (χ0n) is 8.92. The number of benzene rings is 1. The van der Waals surface area contributed by atoms with Gasteiger partial charge in [0.25, 0.3) is 0 Å². The normalized spacial score (nSPS) is 8.62. The number of hydrogen-bond acceptors (Lipinski definition) is 2. The fourth-order valence-electron chi connectivity index (χ4n) is 0.758. The van der Waals surface area contributed by atoms with Gasteiger partial charge in [0.2, 0.25) is 0 Å². The first kappa shape index (κ1) is 12.4. The lowest BCUT2D eigenvalue weighted by Crippen LogP contribution is -1.85. The van der Waals surface area contributed by atoms with Crippen LogP contribution in [0.1, 0.15) is 20.3 Å². The van der Waals surface area contributed by atoms with E-state index in [0.29, 0.717) is 0 Å². The summed E-state index contributed by atoms with van der Waals surface area (Å²) in [6.45, 7) is 4.25. The summed E-state index contributed by atoms with van der Waals surface area (Å²) in [4.78, 5) is 1.30. The van der Waals surface area contributed by atoms with Crippen LogP contribution < -0.4 is 5.32 Å².